The monoisotopic (exact) mass is 310 g/mol. The lowest BCUT2D eigenvalue weighted by Crippen LogP contribution is -2.47. The van der Waals surface area contributed by atoms with E-state index in [0.717, 1.165) is 22.9 Å². The molecule has 0 saturated heterocycles. The molecule has 1 aromatic heterocycles. The average molecular weight is 311 g/mol. The minimum absolute atomic E-state index is 0.126. The van der Waals surface area contributed by atoms with Crippen molar-refractivity contribution in [1.29, 1.82) is 0 Å². The Morgan fingerprint density at radius 1 is 1.50 bits per heavy atom. The highest BCUT2D eigenvalue weighted by Gasteiger charge is 2.31. The van der Waals surface area contributed by atoms with Crippen LogP contribution in [0.3, 0.4) is 0 Å². The van der Waals surface area contributed by atoms with Gasteiger partial charge in [-0.2, -0.15) is 0 Å². The van der Waals surface area contributed by atoms with Crippen molar-refractivity contribution in [3.8, 4) is 0 Å². The van der Waals surface area contributed by atoms with Crippen molar-refractivity contribution in [3.63, 3.8) is 0 Å². The van der Waals surface area contributed by atoms with Crippen molar-refractivity contribution in [2.75, 3.05) is 12.8 Å². The van der Waals surface area contributed by atoms with Crippen LogP contribution in [-0.4, -0.2) is 25.2 Å². The number of benzene rings is 1. The lowest BCUT2D eigenvalue weighted by atomic mass is 9.89. The molecule has 4 nitrogen and oxygen atoms in total. The first-order valence-corrected chi connectivity index (χ1v) is 7.59. The molecule has 1 aliphatic rings. The third-order valence-corrected chi connectivity index (χ3v) is 5.16. The molecule has 20 heavy (non-hydrogen) atoms. The van der Waals surface area contributed by atoms with Crippen LogP contribution in [-0.2, 0) is 4.74 Å². The van der Waals surface area contributed by atoms with E-state index in [1.54, 1.807) is 13.2 Å². The minimum atomic E-state index is -0.126. The summed E-state index contributed by atoms with van der Waals surface area (Å²) in [5.41, 5.74) is 6.54. The van der Waals surface area contributed by atoms with Gasteiger partial charge >= 0.3 is 0 Å². The SMILES string of the molecule is COC1CC(NC(=O)c2sc3cccc(Cl)c3c2N)C1. The second-order valence-corrected chi connectivity index (χ2v) is 6.42. The molecule has 1 saturated carbocycles. The molecule has 0 bridgehead atoms. The second kappa shape index (κ2) is 5.24. The van der Waals surface area contributed by atoms with E-state index in [1.807, 2.05) is 12.1 Å². The van der Waals surface area contributed by atoms with Gasteiger partial charge in [0.15, 0.2) is 0 Å². The maximum Gasteiger partial charge on any atom is 0.263 e. The maximum atomic E-state index is 12.3. The van der Waals surface area contributed by atoms with E-state index in [1.165, 1.54) is 11.3 Å². The Hall–Kier alpha value is -1.30. The number of fused-ring (bicyclic) bond motifs is 1. The summed E-state index contributed by atoms with van der Waals surface area (Å²) in [5.74, 6) is -0.126. The number of anilines is 1. The zero-order valence-electron chi connectivity index (χ0n) is 11.0. The fraction of sp³-hybridized carbons (Fsp3) is 0.357. The summed E-state index contributed by atoms with van der Waals surface area (Å²) in [6.45, 7) is 0. The molecule has 0 atom stereocenters. The van der Waals surface area contributed by atoms with Crippen molar-refractivity contribution in [2.24, 2.45) is 0 Å². The average Bonchev–Trinajstić information content (AvgIpc) is 2.72. The van der Waals surface area contributed by atoms with Gasteiger partial charge in [0.25, 0.3) is 5.91 Å². The second-order valence-electron chi connectivity index (χ2n) is 4.96. The van der Waals surface area contributed by atoms with E-state index in [2.05, 4.69) is 5.32 Å². The van der Waals surface area contributed by atoms with Gasteiger partial charge in [-0.1, -0.05) is 17.7 Å². The highest BCUT2D eigenvalue weighted by atomic mass is 35.5. The summed E-state index contributed by atoms with van der Waals surface area (Å²) in [7, 11) is 1.69. The molecule has 1 aliphatic carbocycles. The molecular formula is C14H15ClN2O2S. The fourth-order valence-electron chi connectivity index (χ4n) is 2.42. The molecule has 3 N–H and O–H groups in total. The predicted octanol–water partition coefficient (Wildman–Crippen LogP) is 3.04. The van der Waals surface area contributed by atoms with E-state index in [9.17, 15) is 4.79 Å². The Labute approximate surface area is 125 Å². The van der Waals surface area contributed by atoms with E-state index in [4.69, 9.17) is 22.1 Å². The largest absolute Gasteiger partial charge is 0.397 e. The maximum absolute atomic E-state index is 12.3. The van der Waals surface area contributed by atoms with Crippen molar-refractivity contribution >= 4 is 44.6 Å². The zero-order chi connectivity index (χ0) is 14.3. The Bertz CT molecular complexity index is 664. The van der Waals surface area contributed by atoms with E-state index in [0.29, 0.717) is 15.6 Å². The van der Waals surface area contributed by atoms with Gasteiger partial charge in [-0.25, -0.2) is 0 Å². The van der Waals surface area contributed by atoms with Crippen LogP contribution in [0.4, 0.5) is 5.69 Å². The summed E-state index contributed by atoms with van der Waals surface area (Å²) in [4.78, 5) is 12.8. The summed E-state index contributed by atoms with van der Waals surface area (Å²) < 4.78 is 6.13. The van der Waals surface area contributed by atoms with Crippen molar-refractivity contribution in [2.45, 2.75) is 25.0 Å². The quantitative estimate of drug-likeness (QED) is 0.916. The van der Waals surface area contributed by atoms with E-state index >= 15 is 0 Å². The van der Waals surface area contributed by atoms with Crippen LogP contribution in [0.5, 0.6) is 0 Å². The van der Waals surface area contributed by atoms with Crippen LogP contribution in [0.25, 0.3) is 10.1 Å². The summed E-state index contributed by atoms with van der Waals surface area (Å²) >= 11 is 7.52. The number of carbonyl (C=O) groups is 1. The highest BCUT2D eigenvalue weighted by Crippen LogP contribution is 2.38. The van der Waals surface area contributed by atoms with Gasteiger partial charge in [-0.3, -0.25) is 4.79 Å². The topological polar surface area (TPSA) is 64.3 Å². The number of hydrogen-bond donors (Lipinski definition) is 2. The molecule has 1 amide bonds. The van der Waals surface area contributed by atoms with Crippen molar-refractivity contribution < 1.29 is 9.53 Å². The minimum Gasteiger partial charge on any atom is -0.397 e. The van der Waals surface area contributed by atoms with Crippen LogP contribution >= 0.6 is 22.9 Å². The molecule has 1 heterocycles. The van der Waals surface area contributed by atoms with Crippen LogP contribution < -0.4 is 11.1 Å². The predicted molar refractivity (Wildman–Crippen MR) is 82.5 cm³/mol. The van der Waals surface area contributed by atoms with Crippen molar-refractivity contribution in [1.82, 2.24) is 5.32 Å². The zero-order valence-corrected chi connectivity index (χ0v) is 12.6. The number of nitrogen functional groups attached to an aromatic ring is 1. The number of nitrogens with one attached hydrogen (secondary N) is 1. The third kappa shape index (κ3) is 2.26. The van der Waals surface area contributed by atoms with Gasteiger partial charge in [0, 0.05) is 23.2 Å². The van der Waals surface area contributed by atoms with Gasteiger partial charge in [0.2, 0.25) is 0 Å². The summed E-state index contributed by atoms with van der Waals surface area (Å²) in [5, 5.41) is 4.34. The van der Waals surface area contributed by atoms with Gasteiger partial charge in [0.1, 0.15) is 4.88 Å². The van der Waals surface area contributed by atoms with Crippen molar-refractivity contribution in [3.05, 3.63) is 28.1 Å². The molecule has 0 radical (unpaired) electrons. The molecular weight excluding hydrogens is 296 g/mol. The van der Waals surface area contributed by atoms with Crippen LogP contribution in [0, 0.1) is 0 Å². The number of rotatable bonds is 3. The number of halogens is 1. The Balaban J connectivity index is 1.82. The summed E-state index contributed by atoms with van der Waals surface area (Å²) in [6.07, 6.45) is 1.97. The fourth-order valence-corrected chi connectivity index (χ4v) is 3.81. The normalized spacial score (nSPS) is 21.7. The number of thiophene rings is 1. The molecule has 1 aromatic carbocycles. The number of hydrogen-bond acceptors (Lipinski definition) is 4. The molecule has 0 aliphatic heterocycles. The Morgan fingerprint density at radius 3 is 2.90 bits per heavy atom. The lowest BCUT2D eigenvalue weighted by Gasteiger charge is -2.34. The van der Waals surface area contributed by atoms with Crippen LogP contribution in [0.1, 0.15) is 22.5 Å². The van der Waals surface area contributed by atoms with Gasteiger partial charge in [-0.05, 0) is 25.0 Å². The number of amides is 1. The highest BCUT2D eigenvalue weighted by molar-refractivity contribution is 7.21. The van der Waals surface area contributed by atoms with E-state index < -0.39 is 0 Å². The van der Waals surface area contributed by atoms with Gasteiger partial charge in [-0.15, -0.1) is 11.3 Å². The van der Waals surface area contributed by atoms with Gasteiger partial charge in [0.05, 0.1) is 16.8 Å². The molecule has 2 aromatic rings. The number of methoxy groups -OCH3 is 1. The number of nitrogens with two attached hydrogens (primary N) is 1. The smallest absolute Gasteiger partial charge is 0.263 e. The molecule has 3 rings (SSSR count). The number of carbonyl (C=O) groups excluding carboxylic acids is 1. The molecule has 1 fully saturated rings. The third-order valence-electron chi connectivity index (χ3n) is 3.67. The van der Waals surface area contributed by atoms with Crippen LogP contribution in [0.15, 0.2) is 18.2 Å². The molecule has 0 unspecified atom stereocenters. The first-order valence-electron chi connectivity index (χ1n) is 6.40. The Morgan fingerprint density at radius 2 is 2.25 bits per heavy atom. The molecule has 106 valence electrons. The lowest BCUT2D eigenvalue weighted by molar-refractivity contribution is 0.0177. The van der Waals surface area contributed by atoms with Crippen LogP contribution in [0.2, 0.25) is 5.02 Å². The Kier molecular flexibility index (Phi) is 3.58. The van der Waals surface area contributed by atoms with E-state index in [-0.39, 0.29) is 18.1 Å². The molecule has 0 spiro atoms. The first-order chi connectivity index (χ1) is 9.60. The first kappa shape index (κ1) is 13.7. The van der Waals surface area contributed by atoms with Gasteiger partial charge < -0.3 is 15.8 Å². The number of ether oxygens (including phenoxy) is 1. The standard InChI is InChI=1S/C14H15ClN2O2S/c1-19-8-5-7(6-8)17-14(18)13-12(16)11-9(15)3-2-4-10(11)20-13/h2-4,7-8H,5-6,16H2,1H3,(H,17,18). The summed E-state index contributed by atoms with van der Waals surface area (Å²) in [6, 6.07) is 5.73. The molecule has 6 heteroatoms.